The number of allylic oxidation sites excluding steroid dienone is 3. The second kappa shape index (κ2) is 10.6. The summed E-state index contributed by atoms with van der Waals surface area (Å²) in [5, 5.41) is 3.41. The molecular formula is C29H39NO6. The van der Waals surface area contributed by atoms with Crippen molar-refractivity contribution in [1.29, 1.82) is 0 Å². The fourth-order valence-electron chi connectivity index (χ4n) is 5.88. The van der Waals surface area contributed by atoms with Gasteiger partial charge in [-0.1, -0.05) is 26.7 Å². The van der Waals surface area contributed by atoms with Crippen molar-refractivity contribution in [3.63, 3.8) is 0 Å². The van der Waals surface area contributed by atoms with Crippen LogP contribution in [0, 0.1) is 5.41 Å². The van der Waals surface area contributed by atoms with Crippen LogP contribution in [-0.4, -0.2) is 39.2 Å². The molecule has 0 bridgehead atoms. The van der Waals surface area contributed by atoms with Crippen LogP contribution in [0.4, 0.5) is 0 Å². The van der Waals surface area contributed by atoms with E-state index in [1.165, 1.54) is 12.8 Å². The summed E-state index contributed by atoms with van der Waals surface area (Å²) in [6.45, 7) is 6.09. The van der Waals surface area contributed by atoms with Gasteiger partial charge in [-0.3, -0.25) is 4.79 Å². The normalized spacial score (nSPS) is 22.4. The minimum absolute atomic E-state index is 0.0415. The lowest BCUT2D eigenvalue weighted by Crippen LogP contribution is -2.39. The predicted octanol–water partition coefficient (Wildman–Crippen LogP) is 5.58. The van der Waals surface area contributed by atoms with Gasteiger partial charge in [0.25, 0.3) is 0 Å². The van der Waals surface area contributed by atoms with Gasteiger partial charge in [0.05, 0.1) is 26.9 Å². The Balaban J connectivity index is 1.83. The molecule has 2 aliphatic carbocycles. The first-order valence-corrected chi connectivity index (χ1v) is 12.9. The standard InChI is InChI=1S/C29H39NO6/c1-17-24(28(32)36-19-11-9-7-8-10-12-19)25(26-20(30-17)15-29(2,3)16-21(26)31)18-13-22(33-4)27(35-6)23(14-18)34-5/h13-14,19,25,30H,7-12,15-16H2,1-6H3/t25-/m1/s1. The maximum Gasteiger partial charge on any atom is 0.337 e. The molecule has 0 radical (unpaired) electrons. The van der Waals surface area contributed by atoms with E-state index in [0.717, 1.165) is 49.1 Å². The number of nitrogens with one attached hydrogen (secondary N) is 1. The van der Waals surface area contributed by atoms with E-state index in [2.05, 4.69) is 19.2 Å². The van der Waals surface area contributed by atoms with Crippen molar-refractivity contribution in [3.05, 3.63) is 40.2 Å². The molecule has 0 aromatic heterocycles. The van der Waals surface area contributed by atoms with E-state index in [0.29, 0.717) is 34.8 Å². The molecule has 1 fully saturated rings. The van der Waals surface area contributed by atoms with Gasteiger partial charge >= 0.3 is 5.97 Å². The van der Waals surface area contributed by atoms with E-state index in [9.17, 15) is 9.59 Å². The molecule has 4 rings (SSSR count). The van der Waals surface area contributed by atoms with Crippen LogP contribution in [0.3, 0.4) is 0 Å². The van der Waals surface area contributed by atoms with Crippen molar-refractivity contribution >= 4 is 11.8 Å². The fraction of sp³-hybridized carbons (Fsp3) is 0.586. The van der Waals surface area contributed by atoms with E-state index >= 15 is 0 Å². The van der Waals surface area contributed by atoms with Crippen molar-refractivity contribution in [2.75, 3.05) is 21.3 Å². The van der Waals surface area contributed by atoms with Gasteiger partial charge in [0.1, 0.15) is 6.10 Å². The number of carbonyl (C=O) groups excluding carboxylic acids is 2. The number of hydrogen-bond donors (Lipinski definition) is 1. The van der Waals surface area contributed by atoms with Crippen molar-refractivity contribution in [2.45, 2.75) is 84.2 Å². The molecule has 0 unspecified atom stereocenters. The molecule has 1 aromatic rings. The lowest BCUT2D eigenvalue weighted by molar-refractivity contribution is -0.145. The molecule has 3 aliphatic rings. The van der Waals surface area contributed by atoms with Gasteiger partial charge in [-0.05, 0) is 62.1 Å². The van der Waals surface area contributed by atoms with Crippen LogP contribution in [0.2, 0.25) is 0 Å². The van der Waals surface area contributed by atoms with Gasteiger partial charge in [-0.25, -0.2) is 4.79 Å². The number of benzene rings is 1. The molecule has 0 amide bonds. The third kappa shape index (κ3) is 5.11. The van der Waals surface area contributed by atoms with Crippen LogP contribution < -0.4 is 19.5 Å². The molecule has 36 heavy (non-hydrogen) atoms. The number of hydrogen-bond acceptors (Lipinski definition) is 7. The Morgan fingerprint density at radius 1 is 0.944 bits per heavy atom. The van der Waals surface area contributed by atoms with Crippen LogP contribution in [0.5, 0.6) is 17.2 Å². The summed E-state index contributed by atoms with van der Waals surface area (Å²) in [6, 6.07) is 3.67. The second-order valence-corrected chi connectivity index (χ2v) is 10.9. The predicted molar refractivity (Wildman–Crippen MR) is 137 cm³/mol. The highest BCUT2D eigenvalue weighted by Gasteiger charge is 2.44. The Kier molecular flexibility index (Phi) is 7.67. The van der Waals surface area contributed by atoms with Crippen molar-refractivity contribution < 1.29 is 28.5 Å². The third-order valence-corrected chi connectivity index (χ3v) is 7.56. The topological polar surface area (TPSA) is 83.1 Å². The van der Waals surface area contributed by atoms with E-state index in [-0.39, 0.29) is 23.3 Å². The van der Waals surface area contributed by atoms with Gasteiger partial charge < -0.3 is 24.3 Å². The number of dihydropyridines is 1. The number of ether oxygens (including phenoxy) is 4. The van der Waals surface area contributed by atoms with Crippen LogP contribution in [0.15, 0.2) is 34.7 Å². The molecule has 196 valence electrons. The molecule has 0 spiro atoms. The van der Waals surface area contributed by atoms with E-state index in [1.807, 2.05) is 19.1 Å². The lowest BCUT2D eigenvalue weighted by Gasteiger charge is -2.39. The zero-order valence-electron chi connectivity index (χ0n) is 22.4. The van der Waals surface area contributed by atoms with Crippen molar-refractivity contribution in [3.8, 4) is 17.2 Å². The second-order valence-electron chi connectivity index (χ2n) is 10.9. The van der Waals surface area contributed by atoms with Gasteiger partial charge in [0, 0.05) is 29.3 Å². The number of Topliss-reactive ketones (excluding diaryl/α,β-unsaturated/α-hetero) is 1. The summed E-state index contributed by atoms with van der Waals surface area (Å²) >= 11 is 0. The molecule has 1 heterocycles. The van der Waals surface area contributed by atoms with Crippen LogP contribution in [0.25, 0.3) is 0 Å². The summed E-state index contributed by atoms with van der Waals surface area (Å²) in [5.41, 5.74) is 3.26. The number of rotatable bonds is 6. The molecule has 1 aromatic carbocycles. The zero-order valence-corrected chi connectivity index (χ0v) is 22.4. The van der Waals surface area contributed by atoms with Crippen LogP contribution >= 0.6 is 0 Å². The molecule has 1 N–H and O–H groups in total. The number of methoxy groups -OCH3 is 3. The molecule has 1 atom stereocenters. The van der Waals surface area contributed by atoms with Crippen LogP contribution in [0.1, 0.15) is 83.6 Å². The average Bonchev–Trinajstić information content (AvgIpc) is 3.09. The summed E-state index contributed by atoms with van der Waals surface area (Å²) in [6.07, 6.45) is 7.26. The van der Waals surface area contributed by atoms with E-state index in [1.54, 1.807) is 21.3 Å². The molecule has 1 aliphatic heterocycles. The summed E-state index contributed by atoms with van der Waals surface area (Å²) in [7, 11) is 4.67. The highest BCUT2D eigenvalue weighted by atomic mass is 16.5. The SMILES string of the molecule is COc1cc([C@@H]2C(C(=O)OC3CCCCCC3)=C(C)NC3=C2C(=O)CC(C)(C)C3)cc(OC)c1OC. The maximum atomic E-state index is 13.8. The Bertz CT molecular complexity index is 1070. The summed E-state index contributed by atoms with van der Waals surface area (Å²) in [5.74, 6) is 0.508. The van der Waals surface area contributed by atoms with Gasteiger partial charge in [-0.2, -0.15) is 0 Å². The Morgan fingerprint density at radius 2 is 1.56 bits per heavy atom. The third-order valence-electron chi connectivity index (χ3n) is 7.56. The number of esters is 1. The number of carbonyl (C=O) groups is 2. The molecule has 7 nitrogen and oxygen atoms in total. The van der Waals surface area contributed by atoms with E-state index in [4.69, 9.17) is 18.9 Å². The average molecular weight is 498 g/mol. The smallest absolute Gasteiger partial charge is 0.337 e. The molecule has 1 saturated carbocycles. The maximum absolute atomic E-state index is 13.8. The van der Waals surface area contributed by atoms with Crippen LogP contribution in [-0.2, 0) is 14.3 Å². The van der Waals surface area contributed by atoms with Gasteiger partial charge in [0.15, 0.2) is 17.3 Å². The first-order valence-electron chi connectivity index (χ1n) is 12.9. The largest absolute Gasteiger partial charge is 0.493 e. The monoisotopic (exact) mass is 497 g/mol. The molecule has 0 saturated heterocycles. The first-order chi connectivity index (χ1) is 17.2. The van der Waals surface area contributed by atoms with Crippen molar-refractivity contribution in [2.24, 2.45) is 5.41 Å². The fourth-order valence-corrected chi connectivity index (χ4v) is 5.88. The van der Waals surface area contributed by atoms with Gasteiger partial charge in [0.2, 0.25) is 5.75 Å². The molecular weight excluding hydrogens is 458 g/mol. The number of ketones is 1. The zero-order chi connectivity index (χ0) is 26.0. The summed E-state index contributed by atoms with van der Waals surface area (Å²) < 4.78 is 22.8. The first kappa shape index (κ1) is 26.1. The Morgan fingerprint density at radius 3 is 2.11 bits per heavy atom. The minimum Gasteiger partial charge on any atom is -0.493 e. The lowest BCUT2D eigenvalue weighted by atomic mass is 9.68. The molecule has 7 heteroatoms. The quantitative estimate of drug-likeness (QED) is 0.406. The van der Waals surface area contributed by atoms with Crippen molar-refractivity contribution in [1.82, 2.24) is 5.32 Å². The van der Waals surface area contributed by atoms with Gasteiger partial charge in [-0.15, -0.1) is 0 Å². The Labute approximate surface area is 214 Å². The highest BCUT2D eigenvalue weighted by Crippen LogP contribution is 2.49. The Hall–Kier alpha value is -2.96. The van der Waals surface area contributed by atoms with E-state index < -0.39 is 5.92 Å². The summed E-state index contributed by atoms with van der Waals surface area (Å²) in [4.78, 5) is 27.4. The highest BCUT2D eigenvalue weighted by molar-refractivity contribution is 6.04. The minimum atomic E-state index is -0.586.